The lowest BCUT2D eigenvalue weighted by Gasteiger charge is -2.05. The van der Waals surface area contributed by atoms with E-state index in [1.54, 1.807) is 11.8 Å². The molecule has 0 heterocycles. The fourth-order valence-electron chi connectivity index (χ4n) is 1.95. The molecule has 0 radical (unpaired) electrons. The average Bonchev–Trinajstić information content (AvgIpc) is 2.56. The molecule has 3 rings (SSSR count). The van der Waals surface area contributed by atoms with Gasteiger partial charge in [-0.15, -0.1) is 0 Å². The van der Waals surface area contributed by atoms with Crippen LogP contribution in [0.1, 0.15) is 5.56 Å². The summed E-state index contributed by atoms with van der Waals surface area (Å²) >= 11 is 1.76. The topological polar surface area (TPSA) is 12.4 Å². The number of nitrogens with zero attached hydrogens (tertiary/aromatic N) is 1. The normalized spacial score (nSPS) is 10.9. The summed E-state index contributed by atoms with van der Waals surface area (Å²) in [5.41, 5.74) is 2.10. The predicted molar refractivity (Wildman–Crippen MR) is 90.7 cm³/mol. The van der Waals surface area contributed by atoms with Crippen LogP contribution in [0.25, 0.3) is 0 Å². The maximum Gasteiger partial charge on any atom is 0.0629 e. The van der Waals surface area contributed by atoms with Gasteiger partial charge in [-0.1, -0.05) is 66.4 Å². The Labute approximate surface area is 129 Å². The monoisotopic (exact) mass is 289 g/mol. The van der Waals surface area contributed by atoms with Gasteiger partial charge in [-0.2, -0.15) is 0 Å². The molecule has 0 aliphatic carbocycles. The summed E-state index contributed by atoms with van der Waals surface area (Å²) in [4.78, 5) is 6.99. The van der Waals surface area contributed by atoms with Gasteiger partial charge in [0.2, 0.25) is 0 Å². The molecule has 0 aliphatic heterocycles. The summed E-state index contributed by atoms with van der Waals surface area (Å²) in [6.45, 7) is 0. The van der Waals surface area contributed by atoms with Crippen LogP contribution in [0, 0.1) is 0 Å². The molecule has 0 N–H and O–H groups in total. The van der Waals surface area contributed by atoms with Crippen molar-refractivity contribution in [3.05, 3.63) is 90.5 Å². The van der Waals surface area contributed by atoms with E-state index in [1.165, 1.54) is 9.79 Å². The second kappa shape index (κ2) is 6.91. The molecule has 0 spiro atoms. The van der Waals surface area contributed by atoms with E-state index in [1.807, 2.05) is 48.7 Å². The van der Waals surface area contributed by atoms with E-state index in [0.717, 1.165) is 11.3 Å². The summed E-state index contributed by atoms with van der Waals surface area (Å²) in [7, 11) is 0. The van der Waals surface area contributed by atoms with Gasteiger partial charge in [-0.25, -0.2) is 0 Å². The molecular weight excluding hydrogens is 274 g/mol. The van der Waals surface area contributed by atoms with Gasteiger partial charge >= 0.3 is 0 Å². The minimum absolute atomic E-state index is 0.969. The van der Waals surface area contributed by atoms with Crippen molar-refractivity contribution in [2.75, 3.05) is 0 Å². The lowest BCUT2D eigenvalue weighted by Crippen LogP contribution is -1.85. The van der Waals surface area contributed by atoms with Crippen molar-refractivity contribution in [2.45, 2.75) is 9.79 Å². The molecule has 3 aromatic rings. The van der Waals surface area contributed by atoms with Crippen molar-refractivity contribution in [1.29, 1.82) is 0 Å². The van der Waals surface area contributed by atoms with Crippen LogP contribution in [0.2, 0.25) is 0 Å². The second-order valence-electron chi connectivity index (χ2n) is 4.55. The Kier molecular flexibility index (Phi) is 4.49. The highest BCUT2D eigenvalue weighted by Gasteiger charge is 2.01. The van der Waals surface area contributed by atoms with Crippen LogP contribution in [0.3, 0.4) is 0 Å². The van der Waals surface area contributed by atoms with E-state index >= 15 is 0 Å². The largest absolute Gasteiger partial charge is 0.256 e. The highest BCUT2D eigenvalue weighted by Crippen LogP contribution is 2.29. The van der Waals surface area contributed by atoms with E-state index in [4.69, 9.17) is 0 Å². The van der Waals surface area contributed by atoms with Crippen LogP contribution in [-0.2, 0) is 0 Å². The molecule has 0 amide bonds. The van der Waals surface area contributed by atoms with Crippen LogP contribution < -0.4 is 0 Å². The van der Waals surface area contributed by atoms with Crippen LogP contribution in [-0.4, -0.2) is 6.21 Å². The van der Waals surface area contributed by atoms with Crippen LogP contribution in [0.5, 0.6) is 0 Å². The first-order valence-corrected chi connectivity index (χ1v) is 7.64. The number of benzene rings is 3. The van der Waals surface area contributed by atoms with Crippen molar-refractivity contribution in [1.82, 2.24) is 0 Å². The van der Waals surface area contributed by atoms with Gasteiger partial charge in [0.1, 0.15) is 0 Å². The van der Waals surface area contributed by atoms with Crippen molar-refractivity contribution < 1.29 is 0 Å². The Hall–Kier alpha value is -2.32. The summed E-state index contributed by atoms with van der Waals surface area (Å²) in [6, 6.07) is 28.7. The van der Waals surface area contributed by atoms with Gasteiger partial charge in [-0.05, 0) is 30.3 Å². The average molecular weight is 289 g/mol. The maximum absolute atomic E-state index is 4.54. The molecule has 21 heavy (non-hydrogen) atoms. The van der Waals surface area contributed by atoms with Crippen molar-refractivity contribution >= 4 is 23.7 Å². The van der Waals surface area contributed by atoms with Gasteiger partial charge < -0.3 is 0 Å². The third-order valence-corrected chi connectivity index (χ3v) is 4.10. The van der Waals surface area contributed by atoms with E-state index < -0.39 is 0 Å². The van der Waals surface area contributed by atoms with Gasteiger partial charge in [0.15, 0.2) is 0 Å². The molecule has 0 fully saturated rings. The lowest BCUT2D eigenvalue weighted by atomic mass is 10.2. The minimum Gasteiger partial charge on any atom is -0.256 e. The number of hydrogen-bond acceptors (Lipinski definition) is 2. The molecule has 1 nitrogen and oxygen atoms in total. The molecule has 0 unspecified atom stereocenters. The Morgan fingerprint density at radius 1 is 0.667 bits per heavy atom. The van der Waals surface area contributed by atoms with Crippen molar-refractivity contribution in [3.63, 3.8) is 0 Å². The molecular formula is C19H15NS. The molecule has 0 saturated heterocycles. The molecule has 102 valence electrons. The van der Waals surface area contributed by atoms with Crippen molar-refractivity contribution in [3.8, 4) is 0 Å². The lowest BCUT2D eigenvalue weighted by molar-refractivity contribution is 1.38. The first kappa shape index (κ1) is 13.7. The zero-order valence-electron chi connectivity index (χ0n) is 11.5. The van der Waals surface area contributed by atoms with E-state index in [9.17, 15) is 0 Å². The fourth-order valence-corrected chi connectivity index (χ4v) is 2.89. The van der Waals surface area contributed by atoms with Crippen LogP contribution in [0.4, 0.5) is 5.69 Å². The molecule has 0 aromatic heterocycles. The minimum atomic E-state index is 0.969. The summed E-state index contributed by atoms with van der Waals surface area (Å²) < 4.78 is 0. The quantitative estimate of drug-likeness (QED) is 0.570. The number of rotatable bonds is 4. The van der Waals surface area contributed by atoms with Crippen LogP contribution >= 0.6 is 11.8 Å². The zero-order chi connectivity index (χ0) is 14.3. The number of aliphatic imine (C=N–C) groups is 1. The van der Waals surface area contributed by atoms with E-state index in [0.29, 0.717) is 0 Å². The highest BCUT2D eigenvalue weighted by molar-refractivity contribution is 7.99. The molecule has 0 bridgehead atoms. The SMILES string of the molecule is C(=Nc1ccccc1)c1ccccc1Sc1ccccc1. The van der Waals surface area contributed by atoms with E-state index in [2.05, 4.69) is 47.5 Å². The number of hydrogen-bond donors (Lipinski definition) is 0. The molecule has 0 atom stereocenters. The molecule has 0 aliphatic rings. The first-order valence-electron chi connectivity index (χ1n) is 6.83. The third-order valence-electron chi connectivity index (χ3n) is 3.00. The standard InChI is InChI=1S/C19H15NS/c1-3-10-17(11-4-1)20-15-16-9-7-8-14-19(16)21-18-12-5-2-6-13-18/h1-15H. The number of para-hydroxylation sites is 1. The third kappa shape index (κ3) is 3.83. The first-order chi connectivity index (χ1) is 10.4. The van der Waals surface area contributed by atoms with E-state index in [-0.39, 0.29) is 0 Å². The van der Waals surface area contributed by atoms with Gasteiger partial charge in [0.25, 0.3) is 0 Å². The van der Waals surface area contributed by atoms with Gasteiger partial charge in [-0.3, -0.25) is 4.99 Å². The Morgan fingerprint density at radius 3 is 2.05 bits per heavy atom. The van der Waals surface area contributed by atoms with Gasteiger partial charge in [0.05, 0.1) is 5.69 Å². The zero-order valence-corrected chi connectivity index (χ0v) is 12.3. The summed E-state index contributed by atoms with van der Waals surface area (Å²) in [6.07, 6.45) is 1.93. The fraction of sp³-hybridized carbons (Fsp3) is 0. The molecule has 2 heteroatoms. The Bertz CT molecular complexity index is 721. The maximum atomic E-state index is 4.54. The summed E-state index contributed by atoms with van der Waals surface area (Å²) in [5.74, 6) is 0. The van der Waals surface area contributed by atoms with Crippen LogP contribution in [0.15, 0.2) is 99.7 Å². The summed E-state index contributed by atoms with van der Waals surface area (Å²) in [5, 5.41) is 0. The molecule has 0 saturated carbocycles. The highest BCUT2D eigenvalue weighted by atomic mass is 32.2. The second-order valence-corrected chi connectivity index (χ2v) is 5.66. The Morgan fingerprint density at radius 2 is 1.29 bits per heavy atom. The molecule has 3 aromatic carbocycles. The predicted octanol–water partition coefficient (Wildman–Crippen LogP) is 5.59. The van der Waals surface area contributed by atoms with Gasteiger partial charge in [0, 0.05) is 21.6 Å². The smallest absolute Gasteiger partial charge is 0.0629 e. The van der Waals surface area contributed by atoms with Crippen molar-refractivity contribution in [2.24, 2.45) is 4.99 Å². The Balaban J connectivity index is 1.84.